The van der Waals surface area contributed by atoms with Crippen LogP contribution in [0.2, 0.25) is 0 Å². The van der Waals surface area contributed by atoms with Crippen molar-refractivity contribution < 1.29 is 4.79 Å². The normalized spacial score (nSPS) is 11.2. The van der Waals surface area contributed by atoms with Gasteiger partial charge in [-0.15, -0.1) is 11.3 Å². The molecule has 1 aromatic carbocycles. The molecule has 0 fully saturated rings. The van der Waals surface area contributed by atoms with Crippen LogP contribution >= 0.6 is 11.3 Å². The topological polar surface area (TPSA) is 42.0 Å². The molecular formula is C20H30N2OS. The van der Waals surface area contributed by atoms with Gasteiger partial charge in [-0.25, -0.2) is 4.98 Å². The lowest BCUT2D eigenvalue weighted by Crippen LogP contribution is -2.23. The summed E-state index contributed by atoms with van der Waals surface area (Å²) in [6, 6.07) is 5.61. The van der Waals surface area contributed by atoms with E-state index in [1.54, 1.807) is 11.3 Å². The van der Waals surface area contributed by atoms with Crippen LogP contribution in [0.4, 0.5) is 0 Å². The highest BCUT2D eigenvalue weighted by Gasteiger charge is 2.10. The number of aryl methyl sites for hydroxylation is 1. The second-order valence-corrected chi connectivity index (χ2v) is 5.78. The first-order valence-corrected chi connectivity index (χ1v) is 9.35. The number of fused-ring (bicyclic) bond motifs is 1. The van der Waals surface area contributed by atoms with Crippen LogP contribution in [0.5, 0.6) is 0 Å². The maximum atomic E-state index is 12.3. The number of aromatic nitrogens is 1. The highest BCUT2D eigenvalue weighted by Crippen LogP contribution is 2.22. The van der Waals surface area contributed by atoms with Crippen molar-refractivity contribution in [3.63, 3.8) is 0 Å². The Kier molecular flexibility index (Phi) is 10.6. The first kappa shape index (κ1) is 22.1. The Morgan fingerprint density at radius 3 is 2.29 bits per heavy atom. The molecule has 4 heteroatoms. The van der Waals surface area contributed by atoms with E-state index in [-0.39, 0.29) is 5.91 Å². The number of carbonyl (C=O) groups is 1. The largest absolute Gasteiger partial charge is 0.322 e. The molecule has 0 spiro atoms. The number of amides is 1. The number of hydrogen-bond acceptors (Lipinski definition) is 3. The standard InChI is InChI=1S/C16H18N2OS.2C2H6/c1-5-10(3)13(6-2)18-16(19)12-7-8-14-15(9-12)20-11(4)17-14;2*1-2/h5-9H,1-4H3,(H,18,19);2*1-2H3/b10-5-,13-6+;;. The number of allylic oxidation sites excluding steroid dienone is 3. The Bertz CT molecular complexity index is 711. The molecule has 1 aromatic heterocycles. The summed E-state index contributed by atoms with van der Waals surface area (Å²) in [5.41, 5.74) is 3.50. The van der Waals surface area contributed by atoms with Gasteiger partial charge in [-0.05, 0) is 51.5 Å². The van der Waals surface area contributed by atoms with Crippen molar-refractivity contribution >= 4 is 27.5 Å². The number of thiazole rings is 1. The molecular weight excluding hydrogens is 316 g/mol. The van der Waals surface area contributed by atoms with Gasteiger partial charge in [-0.2, -0.15) is 0 Å². The molecule has 24 heavy (non-hydrogen) atoms. The average Bonchev–Trinajstić information content (AvgIpc) is 3.01. The van der Waals surface area contributed by atoms with Crippen LogP contribution in [0.3, 0.4) is 0 Å². The van der Waals surface area contributed by atoms with Crippen molar-refractivity contribution in [1.82, 2.24) is 10.3 Å². The summed E-state index contributed by atoms with van der Waals surface area (Å²) in [5, 5.41) is 3.95. The van der Waals surface area contributed by atoms with Crippen LogP contribution in [-0.4, -0.2) is 10.9 Å². The molecule has 2 rings (SSSR count). The van der Waals surface area contributed by atoms with Gasteiger partial charge in [0.15, 0.2) is 0 Å². The summed E-state index contributed by atoms with van der Waals surface area (Å²) in [7, 11) is 0. The molecule has 132 valence electrons. The molecule has 0 bridgehead atoms. The summed E-state index contributed by atoms with van der Waals surface area (Å²) in [6.07, 6.45) is 3.88. The van der Waals surface area contributed by atoms with Crippen molar-refractivity contribution in [2.24, 2.45) is 0 Å². The van der Waals surface area contributed by atoms with Gasteiger partial charge in [0.2, 0.25) is 0 Å². The lowest BCUT2D eigenvalue weighted by Gasteiger charge is -2.09. The predicted octanol–water partition coefficient (Wildman–Crippen LogP) is 6.26. The zero-order valence-electron chi connectivity index (χ0n) is 16.2. The number of nitrogens with one attached hydrogen (secondary N) is 1. The zero-order chi connectivity index (χ0) is 18.7. The van der Waals surface area contributed by atoms with Gasteiger partial charge < -0.3 is 5.32 Å². The number of benzene rings is 1. The zero-order valence-corrected chi connectivity index (χ0v) is 17.0. The fraction of sp³-hybridized carbons (Fsp3) is 0.400. The summed E-state index contributed by atoms with van der Waals surface area (Å²) >= 11 is 1.60. The molecule has 1 amide bonds. The van der Waals surface area contributed by atoms with Crippen LogP contribution < -0.4 is 5.32 Å². The third kappa shape index (κ3) is 5.93. The first-order valence-electron chi connectivity index (χ1n) is 8.53. The Balaban J connectivity index is 0.00000123. The van der Waals surface area contributed by atoms with E-state index in [4.69, 9.17) is 0 Å². The van der Waals surface area contributed by atoms with Gasteiger partial charge in [0.05, 0.1) is 15.2 Å². The molecule has 1 N–H and O–H groups in total. The highest BCUT2D eigenvalue weighted by atomic mass is 32.1. The quantitative estimate of drug-likeness (QED) is 0.667. The average molecular weight is 347 g/mol. The maximum Gasteiger partial charge on any atom is 0.255 e. The van der Waals surface area contributed by atoms with Gasteiger partial charge in [-0.1, -0.05) is 39.8 Å². The number of carbonyl (C=O) groups excluding carboxylic acids is 1. The van der Waals surface area contributed by atoms with Crippen molar-refractivity contribution in [3.05, 3.63) is 52.2 Å². The van der Waals surface area contributed by atoms with Gasteiger partial charge in [0.1, 0.15) is 0 Å². The second-order valence-electron chi connectivity index (χ2n) is 4.54. The van der Waals surface area contributed by atoms with E-state index in [2.05, 4.69) is 10.3 Å². The molecule has 0 unspecified atom stereocenters. The van der Waals surface area contributed by atoms with Gasteiger partial charge in [-0.3, -0.25) is 4.79 Å². The van der Waals surface area contributed by atoms with Gasteiger partial charge in [0.25, 0.3) is 5.91 Å². The van der Waals surface area contributed by atoms with Gasteiger partial charge in [0, 0.05) is 11.3 Å². The maximum absolute atomic E-state index is 12.3. The molecule has 2 aromatic rings. The number of hydrogen-bond donors (Lipinski definition) is 1. The second kappa shape index (κ2) is 11.6. The van der Waals surface area contributed by atoms with E-state index >= 15 is 0 Å². The van der Waals surface area contributed by atoms with E-state index in [9.17, 15) is 4.79 Å². The van der Waals surface area contributed by atoms with Crippen LogP contribution in [-0.2, 0) is 0 Å². The summed E-state index contributed by atoms with van der Waals surface area (Å²) in [4.78, 5) is 16.7. The Hall–Kier alpha value is -1.94. The first-order chi connectivity index (χ1) is 11.5. The number of rotatable bonds is 3. The van der Waals surface area contributed by atoms with Crippen molar-refractivity contribution in [3.8, 4) is 0 Å². The van der Waals surface area contributed by atoms with E-state index in [0.29, 0.717) is 5.56 Å². The fourth-order valence-electron chi connectivity index (χ4n) is 1.93. The Morgan fingerprint density at radius 1 is 1.12 bits per heavy atom. The molecule has 3 nitrogen and oxygen atoms in total. The number of nitrogens with zero attached hydrogens (tertiary/aromatic N) is 1. The third-order valence-electron chi connectivity index (χ3n) is 3.15. The van der Waals surface area contributed by atoms with Crippen LogP contribution in [0.15, 0.2) is 41.6 Å². The molecule has 0 radical (unpaired) electrons. The fourth-order valence-corrected chi connectivity index (χ4v) is 2.80. The summed E-state index contributed by atoms with van der Waals surface area (Å²) in [6.45, 7) is 15.8. The molecule has 0 aliphatic rings. The Labute approximate surface area is 150 Å². The van der Waals surface area contributed by atoms with Crippen molar-refractivity contribution in [2.45, 2.75) is 55.4 Å². The molecule has 0 atom stereocenters. The lowest BCUT2D eigenvalue weighted by molar-refractivity contribution is 0.0966. The van der Waals surface area contributed by atoms with Crippen molar-refractivity contribution in [1.29, 1.82) is 0 Å². The van der Waals surface area contributed by atoms with Crippen LogP contribution in [0, 0.1) is 6.92 Å². The minimum atomic E-state index is -0.0905. The van der Waals surface area contributed by atoms with E-state index < -0.39 is 0 Å². The van der Waals surface area contributed by atoms with E-state index in [0.717, 1.165) is 26.5 Å². The van der Waals surface area contributed by atoms with Crippen LogP contribution in [0.25, 0.3) is 10.2 Å². The molecule has 0 aliphatic carbocycles. The van der Waals surface area contributed by atoms with Crippen molar-refractivity contribution in [2.75, 3.05) is 0 Å². The summed E-state index contributed by atoms with van der Waals surface area (Å²) in [5.74, 6) is -0.0905. The molecule has 0 saturated heterocycles. The minimum absolute atomic E-state index is 0.0905. The molecule has 0 aliphatic heterocycles. The highest BCUT2D eigenvalue weighted by molar-refractivity contribution is 7.18. The lowest BCUT2D eigenvalue weighted by atomic mass is 10.1. The molecule has 1 heterocycles. The summed E-state index contributed by atoms with van der Waals surface area (Å²) < 4.78 is 1.04. The smallest absolute Gasteiger partial charge is 0.255 e. The van der Waals surface area contributed by atoms with E-state index in [1.807, 2.05) is 85.7 Å². The Morgan fingerprint density at radius 2 is 1.75 bits per heavy atom. The van der Waals surface area contributed by atoms with E-state index in [1.165, 1.54) is 0 Å². The predicted molar refractivity (Wildman–Crippen MR) is 108 cm³/mol. The minimum Gasteiger partial charge on any atom is -0.322 e. The molecule has 0 saturated carbocycles. The SMILES string of the molecule is C/C=C(C)\C(=C/C)NC(=O)c1ccc2nc(C)sc2c1.CC.CC. The van der Waals surface area contributed by atoms with Crippen LogP contribution in [0.1, 0.15) is 63.8 Å². The monoisotopic (exact) mass is 346 g/mol. The van der Waals surface area contributed by atoms with Gasteiger partial charge >= 0.3 is 0 Å². The third-order valence-corrected chi connectivity index (χ3v) is 4.09.